The van der Waals surface area contributed by atoms with E-state index in [9.17, 15) is 22.8 Å². The average molecular weight is 357 g/mol. The van der Waals surface area contributed by atoms with Crippen molar-refractivity contribution in [2.45, 2.75) is 26.9 Å². The number of ether oxygens (including phenoxy) is 1. The molecule has 0 aliphatic carbocycles. The molecule has 0 saturated heterocycles. The second-order valence-corrected chi connectivity index (χ2v) is 4.73. The van der Waals surface area contributed by atoms with E-state index in [2.05, 4.69) is 0 Å². The van der Waals surface area contributed by atoms with E-state index in [1.165, 1.54) is 32.2 Å². The zero-order valence-corrected chi connectivity index (χ0v) is 14.1. The Morgan fingerprint density at radius 3 is 2.20 bits per heavy atom. The summed E-state index contributed by atoms with van der Waals surface area (Å²) < 4.78 is 44.9. The zero-order valence-electron chi connectivity index (χ0n) is 14.1. The monoisotopic (exact) mass is 357 g/mol. The van der Waals surface area contributed by atoms with Crippen LogP contribution < -0.4 is 10.3 Å². The highest BCUT2D eigenvalue weighted by atomic mass is 19.4. The zero-order chi connectivity index (χ0) is 19.4. The number of aromatic nitrogens is 1. The number of carbonyl (C=O) groups is 1. The van der Waals surface area contributed by atoms with Crippen molar-refractivity contribution in [2.75, 3.05) is 7.11 Å². The molecule has 0 saturated carbocycles. The van der Waals surface area contributed by atoms with Gasteiger partial charge in [0.2, 0.25) is 0 Å². The van der Waals surface area contributed by atoms with Crippen LogP contribution in [0.5, 0.6) is 5.75 Å². The number of methoxy groups -OCH3 is 1. The number of carboxylic acids is 1. The second kappa shape index (κ2) is 7.87. The van der Waals surface area contributed by atoms with Crippen molar-refractivity contribution in [2.24, 2.45) is 0 Å². The number of carboxylic acid groups (broad SMARTS) is 1. The quantitative estimate of drug-likeness (QED) is 0.905. The number of aryl methyl sites for hydroxylation is 1. The van der Waals surface area contributed by atoms with E-state index >= 15 is 0 Å². The molecule has 2 aromatic rings. The van der Waals surface area contributed by atoms with E-state index in [4.69, 9.17) is 9.84 Å². The minimum Gasteiger partial charge on any atom is -0.497 e. The van der Waals surface area contributed by atoms with Gasteiger partial charge in [-0.15, -0.1) is 0 Å². The van der Waals surface area contributed by atoms with Gasteiger partial charge in [-0.25, -0.2) is 4.79 Å². The molecule has 1 aromatic carbocycles. The lowest BCUT2D eigenvalue weighted by molar-refractivity contribution is -0.142. The predicted octanol–water partition coefficient (Wildman–Crippen LogP) is 3.90. The van der Waals surface area contributed by atoms with Crippen LogP contribution in [0.1, 0.15) is 35.5 Å². The molecule has 1 heterocycles. The van der Waals surface area contributed by atoms with Gasteiger partial charge in [0.15, 0.2) is 0 Å². The molecule has 25 heavy (non-hydrogen) atoms. The van der Waals surface area contributed by atoms with E-state index in [0.717, 1.165) is 0 Å². The molecule has 8 heteroatoms. The smallest absolute Gasteiger partial charge is 0.431 e. The van der Waals surface area contributed by atoms with Crippen LogP contribution in [0.3, 0.4) is 0 Å². The molecule has 0 spiro atoms. The van der Waals surface area contributed by atoms with E-state index in [1.807, 2.05) is 13.8 Å². The van der Waals surface area contributed by atoms with Crippen LogP contribution in [-0.2, 0) is 6.18 Å². The summed E-state index contributed by atoms with van der Waals surface area (Å²) >= 11 is 0. The molecule has 136 valence electrons. The first kappa shape index (κ1) is 20.3. The summed E-state index contributed by atoms with van der Waals surface area (Å²) in [4.78, 5) is 23.3. The molecule has 1 N–H and O–H groups in total. The minimum atomic E-state index is -4.82. The summed E-state index contributed by atoms with van der Waals surface area (Å²) in [6.07, 6.45) is -4.82. The first-order chi connectivity index (χ1) is 11.7. The molecule has 0 amide bonds. The van der Waals surface area contributed by atoms with Crippen LogP contribution in [0.15, 0.2) is 35.1 Å². The Balaban J connectivity index is 0.00000151. The minimum absolute atomic E-state index is 0.0637. The van der Waals surface area contributed by atoms with Crippen LogP contribution >= 0.6 is 0 Å². The third-order valence-electron chi connectivity index (χ3n) is 3.25. The van der Waals surface area contributed by atoms with Gasteiger partial charge in [-0.2, -0.15) is 13.2 Å². The van der Waals surface area contributed by atoms with Gasteiger partial charge in [-0.1, -0.05) is 13.8 Å². The van der Waals surface area contributed by atoms with Crippen molar-refractivity contribution >= 4 is 5.97 Å². The second-order valence-electron chi connectivity index (χ2n) is 4.73. The fourth-order valence-electron chi connectivity index (χ4n) is 2.17. The topological polar surface area (TPSA) is 68.5 Å². The number of pyridine rings is 1. The van der Waals surface area contributed by atoms with E-state index in [0.29, 0.717) is 28.0 Å². The van der Waals surface area contributed by atoms with Gasteiger partial charge in [0, 0.05) is 0 Å². The van der Waals surface area contributed by atoms with Crippen LogP contribution in [-0.4, -0.2) is 22.8 Å². The maximum atomic E-state index is 13.2. The average Bonchev–Trinajstić information content (AvgIpc) is 2.55. The molecular formula is C17H18F3NO4. The third-order valence-corrected chi connectivity index (χ3v) is 3.25. The molecule has 2 rings (SSSR count). The summed E-state index contributed by atoms with van der Waals surface area (Å²) in [5, 5.41) is 8.97. The number of alkyl halides is 3. The van der Waals surface area contributed by atoms with Gasteiger partial charge in [0.1, 0.15) is 17.0 Å². The van der Waals surface area contributed by atoms with Crippen molar-refractivity contribution < 1.29 is 27.8 Å². The van der Waals surface area contributed by atoms with Crippen molar-refractivity contribution in [3.63, 3.8) is 0 Å². The molecule has 5 nitrogen and oxygen atoms in total. The largest absolute Gasteiger partial charge is 0.497 e. The molecule has 0 aliphatic rings. The first-order valence-electron chi connectivity index (χ1n) is 7.38. The Kier molecular flexibility index (Phi) is 6.38. The van der Waals surface area contributed by atoms with E-state index in [-0.39, 0.29) is 5.69 Å². The Morgan fingerprint density at radius 2 is 1.76 bits per heavy atom. The van der Waals surface area contributed by atoms with Gasteiger partial charge < -0.3 is 9.84 Å². The maximum Gasteiger partial charge on any atom is 0.431 e. The number of hydrogen-bond donors (Lipinski definition) is 1. The number of halogens is 3. The maximum absolute atomic E-state index is 13.2. The SMILES string of the molecule is CC.COc1ccc(-n2c(C(F)(F)F)ccc(C(=O)O)c2=O)c(C)c1. The summed E-state index contributed by atoms with van der Waals surface area (Å²) in [5.74, 6) is -1.19. The fourth-order valence-corrected chi connectivity index (χ4v) is 2.17. The number of aromatic carboxylic acids is 1. The van der Waals surface area contributed by atoms with Crippen LogP contribution in [0, 0.1) is 6.92 Å². The molecule has 0 aliphatic heterocycles. The standard InChI is InChI=1S/C15H12F3NO4.C2H6/c1-8-7-9(23-2)3-5-11(8)19-12(15(16,17)18)6-4-10(13(19)20)14(21)22;1-2/h3-7H,1-2H3,(H,21,22);1-2H3. The lowest BCUT2D eigenvalue weighted by Crippen LogP contribution is -2.31. The highest BCUT2D eigenvalue weighted by molar-refractivity contribution is 5.87. The molecule has 1 aromatic heterocycles. The summed E-state index contributed by atoms with van der Waals surface area (Å²) in [5.41, 5.74) is -2.97. The molecule has 0 radical (unpaired) electrons. The molecule has 0 atom stereocenters. The van der Waals surface area contributed by atoms with Crippen LogP contribution in [0.4, 0.5) is 13.2 Å². The van der Waals surface area contributed by atoms with Crippen molar-refractivity contribution in [1.29, 1.82) is 0 Å². The number of benzene rings is 1. The van der Waals surface area contributed by atoms with Crippen molar-refractivity contribution in [3.8, 4) is 11.4 Å². The van der Waals surface area contributed by atoms with Crippen LogP contribution in [0.2, 0.25) is 0 Å². The predicted molar refractivity (Wildman–Crippen MR) is 86.6 cm³/mol. The Morgan fingerprint density at radius 1 is 1.16 bits per heavy atom. The Bertz CT molecular complexity index is 826. The Labute approximate surface area is 142 Å². The Hall–Kier alpha value is -2.77. The molecule has 0 fully saturated rings. The van der Waals surface area contributed by atoms with Gasteiger partial charge in [-0.05, 0) is 42.8 Å². The van der Waals surface area contributed by atoms with E-state index < -0.39 is 29.0 Å². The summed E-state index contributed by atoms with van der Waals surface area (Å²) in [6.45, 7) is 5.50. The molecular weight excluding hydrogens is 339 g/mol. The highest BCUT2D eigenvalue weighted by Gasteiger charge is 2.36. The normalized spacial score (nSPS) is 10.7. The lowest BCUT2D eigenvalue weighted by atomic mass is 10.1. The first-order valence-corrected chi connectivity index (χ1v) is 7.38. The van der Waals surface area contributed by atoms with Gasteiger partial charge >= 0.3 is 12.1 Å². The van der Waals surface area contributed by atoms with Gasteiger partial charge in [0.05, 0.1) is 12.8 Å². The highest BCUT2D eigenvalue weighted by Crippen LogP contribution is 2.31. The fraction of sp³-hybridized carbons (Fsp3) is 0.294. The van der Waals surface area contributed by atoms with Crippen molar-refractivity contribution in [3.05, 3.63) is 57.5 Å². The number of rotatable bonds is 3. The van der Waals surface area contributed by atoms with Crippen molar-refractivity contribution in [1.82, 2.24) is 4.57 Å². The number of nitrogens with zero attached hydrogens (tertiary/aromatic N) is 1. The van der Waals surface area contributed by atoms with Gasteiger partial charge in [-0.3, -0.25) is 9.36 Å². The van der Waals surface area contributed by atoms with Crippen LogP contribution in [0.25, 0.3) is 5.69 Å². The van der Waals surface area contributed by atoms with E-state index in [1.54, 1.807) is 0 Å². The third kappa shape index (κ3) is 4.20. The lowest BCUT2D eigenvalue weighted by Gasteiger charge is -2.18. The summed E-state index contributed by atoms with van der Waals surface area (Å²) in [6, 6.07) is 5.35. The number of hydrogen-bond acceptors (Lipinski definition) is 3. The molecule has 0 unspecified atom stereocenters. The van der Waals surface area contributed by atoms with Gasteiger partial charge in [0.25, 0.3) is 5.56 Å². The summed E-state index contributed by atoms with van der Waals surface area (Å²) in [7, 11) is 1.40. The molecule has 0 bridgehead atoms.